The molecule has 3 amide bonds. The van der Waals surface area contributed by atoms with Crippen LogP contribution in [0.15, 0.2) is 18.2 Å². The highest BCUT2D eigenvalue weighted by atomic mass is 16.2. The highest BCUT2D eigenvalue weighted by Crippen LogP contribution is 2.17. The fraction of sp³-hybridized carbons (Fsp3) is 0.357. The van der Waals surface area contributed by atoms with Gasteiger partial charge in [0.15, 0.2) is 0 Å². The topological polar surface area (TPSA) is 78.5 Å². The van der Waals surface area contributed by atoms with Crippen molar-refractivity contribution in [1.82, 2.24) is 10.2 Å². The molecular weight excluding hydrogens is 258 g/mol. The van der Waals surface area contributed by atoms with E-state index in [-0.39, 0.29) is 19.0 Å². The van der Waals surface area contributed by atoms with E-state index in [9.17, 15) is 14.4 Å². The maximum Gasteiger partial charge on any atom is 0.255 e. The van der Waals surface area contributed by atoms with Crippen LogP contribution in [-0.4, -0.2) is 42.3 Å². The number of hydrogen-bond donors (Lipinski definition) is 2. The van der Waals surface area contributed by atoms with Crippen LogP contribution in [0.2, 0.25) is 0 Å². The summed E-state index contributed by atoms with van der Waals surface area (Å²) in [5, 5.41) is 5.34. The quantitative estimate of drug-likeness (QED) is 0.789. The summed E-state index contributed by atoms with van der Waals surface area (Å²) in [5.74, 6) is -1.19. The second-order valence-corrected chi connectivity index (χ2v) is 4.69. The van der Waals surface area contributed by atoms with Crippen LogP contribution in [0.1, 0.15) is 22.8 Å². The summed E-state index contributed by atoms with van der Waals surface area (Å²) < 4.78 is 0. The number of carbonyl (C=O) groups excluding carboxylic acids is 3. The number of anilines is 1. The Bertz CT molecular complexity index is 553. The Kier molecular flexibility index (Phi) is 4.02. The first-order valence-electron chi connectivity index (χ1n) is 6.47. The standard InChI is InChI=1S/C14H17N3O3/c1-3-15-10-4-5-11(9(2)6-10)14(20)17-7-12(18)16-13(19)8-17/h4-6,15H,3,7-8H2,1-2H3,(H,16,18,19). The highest BCUT2D eigenvalue weighted by Gasteiger charge is 2.27. The van der Waals surface area contributed by atoms with Gasteiger partial charge < -0.3 is 10.2 Å². The van der Waals surface area contributed by atoms with Gasteiger partial charge in [-0.2, -0.15) is 0 Å². The summed E-state index contributed by atoms with van der Waals surface area (Å²) >= 11 is 0. The number of amides is 3. The van der Waals surface area contributed by atoms with Crippen molar-refractivity contribution in [2.24, 2.45) is 0 Å². The van der Waals surface area contributed by atoms with Gasteiger partial charge in [-0.3, -0.25) is 19.7 Å². The molecule has 1 saturated heterocycles. The molecule has 0 unspecified atom stereocenters. The lowest BCUT2D eigenvalue weighted by Crippen LogP contribution is -2.53. The fourth-order valence-corrected chi connectivity index (χ4v) is 2.17. The molecule has 2 rings (SSSR count). The molecule has 0 atom stereocenters. The Morgan fingerprint density at radius 3 is 2.50 bits per heavy atom. The molecule has 6 heteroatoms. The van der Waals surface area contributed by atoms with Gasteiger partial charge in [0.2, 0.25) is 11.8 Å². The van der Waals surface area contributed by atoms with Crippen LogP contribution in [0, 0.1) is 6.92 Å². The van der Waals surface area contributed by atoms with Gasteiger partial charge in [0.25, 0.3) is 5.91 Å². The first-order valence-corrected chi connectivity index (χ1v) is 6.47. The van der Waals surface area contributed by atoms with E-state index in [1.54, 1.807) is 6.07 Å². The van der Waals surface area contributed by atoms with E-state index in [0.717, 1.165) is 17.8 Å². The average Bonchev–Trinajstić information content (AvgIpc) is 2.37. The Morgan fingerprint density at radius 2 is 1.95 bits per heavy atom. The van der Waals surface area contributed by atoms with E-state index in [0.29, 0.717) is 5.56 Å². The van der Waals surface area contributed by atoms with E-state index in [4.69, 9.17) is 0 Å². The summed E-state index contributed by atoms with van der Waals surface area (Å²) in [5.41, 5.74) is 2.26. The van der Waals surface area contributed by atoms with Gasteiger partial charge >= 0.3 is 0 Å². The van der Waals surface area contributed by atoms with E-state index in [1.165, 1.54) is 4.90 Å². The zero-order valence-corrected chi connectivity index (χ0v) is 11.5. The molecule has 0 aromatic heterocycles. The van der Waals surface area contributed by atoms with Gasteiger partial charge in [0.1, 0.15) is 13.1 Å². The molecule has 20 heavy (non-hydrogen) atoms. The fourth-order valence-electron chi connectivity index (χ4n) is 2.17. The third kappa shape index (κ3) is 2.96. The Labute approximate surface area is 117 Å². The van der Waals surface area contributed by atoms with Crippen molar-refractivity contribution in [3.63, 3.8) is 0 Å². The second kappa shape index (κ2) is 5.73. The SMILES string of the molecule is CCNc1ccc(C(=O)N2CC(=O)NC(=O)C2)c(C)c1. The molecule has 0 aliphatic carbocycles. The van der Waals surface area contributed by atoms with Crippen LogP contribution in [0.25, 0.3) is 0 Å². The van der Waals surface area contributed by atoms with Crippen LogP contribution in [-0.2, 0) is 9.59 Å². The van der Waals surface area contributed by atoms with Crippen molar-refractivity contribution in [1.29, 1.82) is 0 Å². The van der Waals surface area contributed by atoms with E-state index < -0.39 is 11.8 Å². The Hall–Kier alpha value is -2.37. The number of nitrogens with one attached hydrogen (secondary N) is 2. The smallest absolute Gasteiger partial charge is 0.255 e. The van der Waals surface area contributed by atoms with Gasteiger partial charge in [0, 0.05) is 17.8 Å². The maximum atomic E-state index is 12.4. The minimum absolute atomic E-state index is 0.0844. The molecule has 1 aromatic carbocycles. The zero-order chi connectivity index (χ0) is 14.7. The largest absolute Gasteiger partial charge is 0.385 e. The van der Waals surface area contributed by atoms with Crippen LogP contribution < -0.4 is 10.6 Å². The lowest BCUT2D eigenvalue weighted by molar-refractivity contribution is -0.135. The second-order valence-electron chi connectivity index (χ2n) is 4.69. The molecule has 0 spiro atoms. The zero-order valence-electron chi connectivity index (χ0n) is 11.5. The molecule has 0 saturated carbocycles. The molecule has 0 bridgehead atoms. The summed E-state index contributed by atoms with van der Waals surface area (Å²) in [7, 11) is 0. The van der Waals surface area contributed by atoms with Crippen LogP contribution in [0.4, 0.5) is 5.69 Å². The molecule has 2 N–H and O–H groups in total. The molecule has 6 nitrogen and oxygen atoms in total. The minimum Gasteiger partial charge on any atom is -0.385 e. The number of carbonyl (C=O) groups is 3. The average molecular weight is 275 g/mol. The van der Waals surface area contributed by atoms with Crippen molar-refractivity contribution in [2.45, 2.75) is 13.8 Å². The van der Waals surface area contributed by atoms with Crippen molar-refractivity contribution >= 4 is 23.4 Å². The number of benzene rings is 1. The van der Waals surface area contributed by atoms with Gasteiger partial charge in [-0.05, 0) is 37.6 Å². The van der Waals surface area contributed by atoms with E-state index >= 15 is 0 Å². The predicted molar refractivity (Wildman–Crippen MR) is 74.4 cm³/mol. The van der Waals surface area contributed by atoms with Gasteiger partial charge in [-0.15, -0.1) is 0 Å². The predicted octanol–water partition coefficient (Wildman–Crippen LogP) is 0.525. The third-order valence-corrected chi connectivity index (χ3v) is 3.07. The molecule has 1 fully saturated rings. The van der Waals surface area contributed by atoms with Crippen molar-refractivity contribution < 1.29 is 14.4 Å². The van der Waals surface area contributed by atoms with Crippen LogP contribution >= 0.6 is 0 Å². The molecule has 1 aliphatic heterocycles. The number of hydrogen-bond acceptors (Lipinski definition) is 4. The lowest BCUT2D eigenvalue weighted by atomic mass is 10.1. The monoisotopic (exact) mass is 275 g/mol. The summed E-state index contributed by atoms with van der Waals surface area (Å²) in [4.78, 5) is 36.2. The maximum absolute atomic E-state index is 12.4. The number of rotatable bonds is 3. The normalized spacial score (nSPS) is 15.0. The van der Waals surface area contributed by atoms with Crippen LogP contribution in [0.5, 0.6) is 0 Å². The van der Waals surface area contributed by atoms with Crippen molar-refractivity contribution in [3.8, 4) is 0 Å². The molecule has 106 valence electrons. The van der Waals surface area contributed by atoms with E-state index in [2.05, 4.69) is 10.6 Å². The molecule has 1 aliphatic rings. The summed E-state index contributed by atoms with van der Waals surface area (Å²) in [6.45, 7) is 4.46. The Balaban J connectivity index is 2.20. The third-order valence-electron chi connectivity index (χ3n) is 3.07. The lowest BCUT2D eigenvalue weighted by Gasteiger charge is -2.26. The Morgan fingerprint density at radius 1 is 1.30 bits per heavy atom. The number of aryl methyl sites for hydroxylation is 1. The van der Waals surface area contributed by atoms with Crippen molar-refractivity contribution in [3.05, 3.63) is 29.3 Å². The highest BCUT2D eigenvalue weighted by molar-refractivity contribution is 6.06. The molecule has 1 heterocycles. The van der Waals surface area contributed by atoms with Gasteiger partial charge in [0.05, 0.1) is 0 Å². The molecule has 0 radical (unpaired) electrons. The van der Waals surface area contributed by atoms with Crippen molar-refractivity contribution in [2.75, 3.05) is 25.0 Å². The van der Waals surface area contributed by atoms with Gasteiger partial charge in [-0.1, -0.05) is 0 Å². The minimum atomic E-state index is -0.448. The first-order chi connectivity index (χ1) is 9.51. The summed E-state index contributed by atoms with van der Waals surface area (Å²) in [6.07, 6.45) is 0. The van der Waals surface area contributed by atoms with Gasteiger partial charge in [-0.25, -0.2) is 0 Å². The number of piperazine rings is 1. The number of imide groups is 1. The molecular formula is C14H17N3O3. The first kappa shape index (κ1) is 14.0. The molecule has 1 aromatic rings. The summed E-state index contributed by atoms with van der Waals surface area (Å²) in [6, 6.07) is 5.41. The van der Waals surface area contributed by atoms with E-state index in [1.807, 2.05) is 26.0 Å². The number of nitrogens with zero attached hydrogens (tertiary/aromatic N) is 1. The van der Waals surface area contributed by atoms with Crippen LogP contribution in [0.3, 0.4) is 0 Å².